The van der Waals surface area contributed by atoms with Crippen LogP contribution in [0, 0.1) is 0 Å². The van der Waals surface area contributed by atoms with Crippen molar-refractivity contribution >= 4 is 38.3 Å². The van der Waals surface area contributed by atoms with E-state index < -0.39 is 21.8 Å². The van der Waals surface area contributed by atoms with Gasteiger partial charge >= 0.3 is 11.8 Å². The lowest BCUT2D eigenvalue weighted by Crippen LogP contribution is -2.36. The smallest absolute Gasteiger partial charge is 0.313 e. The lowest BCUT2D eigenvalue weighted by atomic mass is 10.1. The minimum Gasteiger partial charge on any atom is -0.347 e. The molecule has 0 fully saturated rings. The van der Waals surface area contributed by atoms with Crippen molar-refractivity contribution in [3.63, 3.8) is 0 Å². The summed E-state index contributed by atoms with van der Waals surface area (Å²) in [7, 11) is -3.73. The monoisotopic (exact) mass is 397 g/mol. The van der Waals surface area contributed by atoms with E-state index in [9.17, 15) is 18.0 Å². The molecule has 0 saturated heterocycles. The van der Waals surface area contributed by atoms with Crippen LogP contribution in [0.3, 0.4) is 0 Å². The molecule has 0 heterocycles. The first kappa shape index (κ1) is 19.5. The summed E-state index contributed by atoms with van der Waals surface area (Å²) >= 11 is 0. The Morgan fingerprint density at radius 1 is 0.857 bits per heavy atom. The quantitative estimate of drug-likeness (QED) is 0.569. The summed E-state index contributed by atoms with van der Waals surface area (Å²) in [6, 6.07) is 19.1. The first-order valence-electron chi connectivity index (χ1n) is 8.53. The number of sulfonamides is 1. The molecule has 0 bridgehead atoms. The largest absolute Gasteiger partial charge is 0.347 e. The molecule has 28 heavy (non-hydrogen) atoms. The molecule has 144 valence electrons. The zero-order valence-corrected chi connectivity index (χ0v) is 15.7. The molecule has 3 aromatic rings. The van der Waals surface area contributed by atoms with Crippen LogP contribution in [0.4, 0.5) is 5.69 Å². The number of primary sulfonamides is 1. The molecule has 2 amide bonds. The number of nitrogens with two attached hydrogens (primary N) is 1. The van der Waals surface area contributed by atoms with E-state index >= 15 is 0 Å². The van der Waals surface area contributed by atoms with Gasteiger partial charge in [-0.1, -0.05) is 42.5 Å². The van der Waals surface area contributed by atoms with Gasteiger partial charge in [0, 0.05) is 12.2 Å². The summed E-state index contributed by atoms with van der Waals surface area (Å²) in [6.07, 6.45) is 0.444. The summed E-state index contributed by atoms with van der Waals surface area (Å²) in [5, 5.41) is 12.2. The number of benzene rings is 3. The molecule has 7 nitrogen and oxygen atoms in total. The molecule has 4 N–H and O–H groups in total. The predicted octanol–water partition coefficient (Wildman–Crippen LogP) is 1.78. The maximum Gasteiger partial charge on any atom is 0.313 e. The number of carbonyl (C=O) groups is 2. The Morgan fingerprint density at radius 2 is 1.54 bits per heavy atom. The van der Waals surface area contributed by atoms with Crippen LogP contribution >= 0.6 is 0 Å². The van der Waals surface area contributed by atoms with Crippen LogP contribution in [0.5, 0.6) is 0 Å². The Balaban J connectivity index is 1.52. The topological polar surface area (TPSA) is 118 Å². The Labute approximate surface area is 162 Å². The lowest BCUT2D eigenvalue weighted by molar-refractivity contribution is -0.136. The average Bonchev–Trinajstić information content (AvgIpc) is 2.67. The normalized spacial score (nSPS) is 11.2. The number of hydrogen-bond donors (Lipinski definition) is 3. The number of rotatable bonds is 5. The molecule has 3 rings (SSSR count). The van der Waals surface area contributed by atoms with Gasteiger partial charge in [0.15, 0.2) is 0 Å². The van der Waals surface area contributed by atoms with Crippen LogP contribution in [0.15, 0.2) is 71.6 Å². The number of amides is 2. The van der Waals surface area contributed by atoms with Crippen molar-refractivity contribution in [3.8, 4) is 0 Å². The number of fused-ring (bicyclic) bond motifs is 1. The minimum atomic E-state index is -3.73. The first-order chi connectivity index (χ1) is 13.3. The van der Waals surface area contributed by atoms with Gasteiger partial charge in [0.2, 0.25) is 10.0 Å². The second-order valence-corrected chi connectivity index (χ2v) is 7.77. The first-order valence-corrected chi connectivity index (χ1v) is 10.1. The predicted molar refractivity (Wildman–Crippen MR) is 107 cm³/mol. The van der Waals surface area contributed by atoms with Crippen molar-refractivity contribution in [2.45, 2.75) is 11.3 Å². The molecule has 0 radical (unpaired) electrons. The van der Waals surface area contributed by atoms with Crippen LogP contribution in [-0.2, 0) is 26.0 Å². The maximum atomic E-state index is 12.0. The van der Waals surface area contributed by atoms with Crippen LogP contribution in [0.25, 0.3) is 10.8 Å². The lowest BCUT2D eigenvalue weighted by Gasteiger charge is -2.08. The van der Waals surface area contributed by atoms with Gasteiger partial charge in [-0.3, -0.25) is 9.59 Å². The van der Waals surface area contributed by atoms with Crippen molar-refractivity contribution in [3.05, 3.63) is 72.3 Å². The van der Waals surface area contributed by atoms with Gasteiger partial charge in [-0.15, -0.1) is 0 Å². The van der Waals surface area contributed by atoms with E-state index in [1.165, 1.54) is 12.1 Å². The molecule has 0 spiro atoms. The van der Waals surface area contributed by atoms with Crippen molar-refractivity contribution in [1.29, 1.82) is 0 Å². The van der Waals surface area contributed by atoms with Gasteiger partial charge in [0.1, 0.15) is 0 Å². The summed E-state index contributed by atoms with van der Waals surface area (Å²) in [5.41, 5.74) is 1.35. The highest BCUT2D eigenvalue weighted by Gasteiger charge is 2.13. The summed E-state index contributed by atoms with van der Waals surface area (Å²) in [5.74, 6) is -1.49. The van der Waals surface area contributed by atoms with Gasteiger partial charge in [-0.25, -0.2) is 13.6 Å². The highest BCUT2D eigenvalue weighted by atomic mass is 32.2. The fourth-order valence-electron chi connectivity index (χ4n) is 2.70. The molecule has 0 aromatic heterocycles. The van der Waals surface area contributed by atoms with Crippen LogP contribution < -0.4 is 15.8 Å². The molecule has 0 atom stereocenters. The van der Waals surface area contributed by atoms with Crippen LogP contribution in [0.2, 0.25) is 0 Å². The highest BCUT2D eigenvalue weighted by Crippen LogP contribution is 2.18. The Hall–Kier alpha value is -3.23. The van der Waals surface area contributed by atoms with Crippen molar-refractivity contribution < 1.29 is 18.0 Å². The molecule has 0 aliphatic rings. The Morgan fingerprint density at radius 3 is 2.21 bits per heavy atom. The summed E-state index contributed by atoms with van der Waals surface area (Å²) in [4.78, 5) is 24.0. The van der Waals surface area contributed by atoms with Crippen LogP contribution in [-0.4, -0.2) is 26.8 Å². The second-order valence-electron chi connectivity index (χ2n) is 6.21. The van der Waals surface area contributed by atoms with Gasteiger partial charge in [0.25, 0.3) is 0 Å². The van der Waals surface area contributed by atoms with Gasteiger partial charge in [0.05, 0.1) is 4.90 Å². The molecule has 0 saturated carbocycles. The van der Waals surface area contributed by atoms with Crippen molar-refractivity contribution in [1.82, 2.24) is 5.32 Å². The average molecular weight is 397 g/mol. The number of carbonyl (C=O) groups excluding carboxylic acids is 2. The van der Waals surface area contributed by atoms with E-state index in [2.05, 4.69) is 10.6 Å². The molecular weight excluding hydrogens is 378 g/mol. The fraction of sp³-hybridized carbons (Fsp3) is 0.100. The molecule has 0 aliphatic carbocycles. The number of nitrogens with one attached hydrogen (secondary N) is 2. The van der Waals surface area contributed by atoms with E-state index in [0.717, 1.165) is 16.3 Å². The van der Waals surface area contributed by atoms with Gasteiger partial charge in [-0.2, -0.15) is 0 Å². The molecule has 0 unspecified atom stereocenters. The molecule has 8 heteroatoms. The number of hydrogen-bond acceptors (Lipinski definition) is 4. The molecule has 0 aliphatic heterocycles. The fourth-order valence-corrected chi connectivity index (χ4v) is 3.22. The van der Waals surface area contributed by atoms with Gasteiger partial charge < -0.3 is 10.6 Å². The van der Waals surface area contributed by atoms with Crippen molar-refractivity contribution in [2.75, 3.05) is 11.9 Å². The minimum absolute atomic E-state index is 0.0232. The molecule has 3 aromatic carbocycles. The standard InChI is InChI=1S/C20H19N3O4S/c21-28(26,27)18-9-5-14(6-10-18)11-12-22-19(24)20(25)23-17-8-7-15-3-1-2-4-16(15)13-17/h1-10,13H,11-12H2,(H,22,24)(H,23,25)(H2,21,26,27). The highest BCUT2D eigenvalue weighted by molar-refractivity contribution is 7.89. The maximum absolute atomic E-state index is 12.0. The van der Waals surface area contributed by atoms with E-state index in [1.54, 1.807) is 24.3 Å². The van der Waals surface area contributed by atoms with E-state index in [-0.39, 0.29) is 11.4 Å². The van der Waals surface area contributed by atoms with Crippen LogP contribution in [0.1, 0.15) is 5.56 Å². The zero-order chi connectivity index (χ0) is 20.1. The third-order valence-corrected chi connectivity index (χ3v) is 5.09. The summed E-state index contributed by atoms with van der Waals surface area (Å²) in [6.45, 7) is 0.235. The zero-order valence-electron chi connectivity index (χ0n) is 14.9. The third-order valence-electron chi connectivity index (χ3n) is 4.16. The Bertz CT molecular complexity index is 1130. The molecular formula is C20H19N3O4S. The third kappa shape index (κ3) is 4.93. The number of anilines is 1. The Kier molecular flexibility index (Phi) is 5.72. The summed E-state index contributed by atoms with van der Waals surface area (Å²) < 4.78 is 22.4. The van der Waals surface area contributed by atoms with E-state index in [0.29, 0.717) is 12.1 Å². The second kappa shape index (κ2) is 8.20. The van der Waals surface area contributed by atoms with Gasteiger partial charge in [-0.05, 0) is 47.0 Å². The SMILES string of the molecule is NS(=O)(=O)c1ccc(CCNC(=O)C(=O)Nc2ccc3ccccc3c2)cc1. The van der Waals surface area contributed by atoms with Crippen molar-refractivity contribution in [2.24, 2.45) is 5.14 Å². The van der Waals surface area contributed by atoms with E-state index in [1.807, 2.05) is 30.3 Å². The van der Waals surface area contributed by atoms with E-state index in [4.69, 9.17) is 5.14 Å².